The summed E-state index contributed by atoms with van der Waals surface area (Å²) in [7, 11) is 0. The number of nitrogens with zero attached hydrogens (tertiary/aromatic N) is 1. The van der Waals surface area contributed by atoms with Gasteiger partial charge in [0.05, 0.1) is 10.5 Å². The van der Waals surface area contributed by atoms with E-state index in [1.54, 1.807) is 12.1 Å². The summed E-state index contributed by atoms with van der Waals surface area (Å²) < 4.78 is 13.7. The molecule has 0 aliphatic carbocycles. The highest BCUT2D eigenvalue weighted by molar-refractivity contribution is 6.05. The molecule has 5 nitrogen and oxygen atoms in total. The van der Waals surface area contributed by atoms with Gasteiger partial charge in [-0.2, -0.15) is 0 Å². The molecule has 0 unspecified atom stereocenters. The average Bonchev–Trinajstić information content (AvgIpc) is 2.44. The molecule has 21 heavy (non-hydrogen) atoms. The molecule has 0 saturated heterocycles. The quantitative estimate of drug-likeness (QED) is 0.692. The first-order chi connectivity index (χ1) is 9.90. The minimum atomic E-state index is -0.802. The first kappa shape index (κ1) is 14.6. The number of non-ortho nitro benzene ring substituents is 1. The fraction of sp³-hybridized carbons (Fsp3) is 0.133. The van der Waals surface area contributed by atoms with Gasteiger partial charge in [-0.3, -0.25) is 14.9 Å². The largest absolute Gasteiger partial charge is 0.322 e. The van der Waals surface area contributed by atoms with E-state index in [2.05, 4.69) is 5.32 Å². The highest BCUT2D eigenvalue weighted by atomic mass is 19.1. The lowest BCUT2D eigenvalue weighted by molar-refractivity contribution is -0.384. The van der Waals surface area contributed by atoms with Gasteiger partial charge in [0, 0.05) is 17.8 Å². The fourth-order valence-corrected chi connectivity index (χ4v) is 1.88. The lowest BCUT2D eigenvalue weighted by atomic mass is 10.1. The van der Waals surface area contributed by atoms with Gasteiger partial charge >= 0.3 is 0 Å². The van der Waals surface area contributed by atoms with Crippen LogP contribution >= 0.6 is 0 Å². The van der Waals surface area contributed by atoms with Gasteiger partial charge in [0.1, 0.15) is 5.82 Å². The number of nitro groups is 1. The molecule has 0 aliphatic rings. The summed E-state index contributed by atoms with van der Waals surface area (Å²) in [6.07, 6.45) is 0. The van der Waals surface area contributed by atoms with Crippen LogP contribution in [-0.4, -0.2) is 10.8 Å². The van der Waals surface area contributed by atoms with Crippen LogP contribution in [0.3, 0.4) is 0 Å². The van der Waals surface area contributed by atoms with Gasteiger partial charge < -0.3 is 5.32 Å². The lowest BCUT2D eigenvalue weighted by Gasteiger charge is -2.10. The molecule has 0 fully saturated rings. The lowest BCUT2D eigenvalue weighted by Crippen LogP contribution is -2.15. The van der Waals surface area contributed by atoms with E-state index in [-0.39, 0.29) is 11.3 Å². The van der Waals surface area contributed by atoms with Gasteiger partial charge in [0.2, 0.25) is 0 Å². The van der Waals surface area contributed by atoms with Crippen LogP contribution in [0.4, 0.5) is 15.8 Å². The molecule has 0 saturated carbocycles. The maximum absolute atomic E-state index is 13.7. The Morgan fingerprint density at radius 3 is 2.62 bits per heavy atom. The number of nitro benzene ring substituents is 1. The van der Waals surface area contributed by atoms with E-state index >= 15 is 0 Å². The van der Waals surface area contributed by atoms with Crippen molar-refractivity contribution in [1.29, 1.82) is 0 Å². The number of hydrogen-bond acceptors (Lipinski definition) is 3. The number of carbonyl (C=O) groups excluding carboxylic acids is 1. The number of aryl methyl sites for hydroxylation is 1. The Bertz CT molecular complexity index is 729. The normalized spacial score (nSPS) is 10.2. The van der Waals surface area contributed by atoms with Crippen LogP contribution in [0, 0.1) is 29.8 Å². The van der Waals surface area contributed by atoms with Crippen molar-refractivity contribution in [3.05, 3.63) is 69.0 Å². The second-order valence-electron chi connectivity index (χ2n) is 4.62. The molecule has 1 amide bonds. The van der Waals surface area contributed by atoms with Gasteiger partial charge in [0.15, 0.2) is 0 Å². The topological polar surface area (TPSA) is 72.2 Å². The predicted molar refractivity (Wildman–Crippen MR) is 76.9 cm³/mol. The molecule has 0 aromatic heterocycles. The maximum Gasteiger partial charge on any atom is 0.270 e. The van der Waals surface area contributed by atoms with E-state index < -0.39 is 16.6 Å². The zero-order chi connectivity index (χ0) is 15.6. The molecule has 108 valence electrons. The third kappa shape index (κ3) is 3.05. The minimum absolute atomic E-state index is 0.331. The number of anilines is 1. The summed E-state index contributed by atoms with van der Waals surface area (Å²) in [5.74, 6) is -1.52. The number of rotatable bonds is 3. The fourth-order valence-electron chi connectivity index (χ4n) is 1.88. The van der Waals surface area contributed by atoms with E-state index in [4.69, 9.17) is 0 Å². The van der Waals surface area contributed by atoms with E-state index in [0.717, 1.165) is 29.3 Å². The molecule has 2 aromatic carbocycles. The molecule has 2 rings (SSSR count). The van der Waals surface area contributed by atoms with Crippen LogP contribution in [0.5, 0.6) is 0 Å². The van der Waals surface area contributed by atoms with Gasteiger partial charge in [-0.1, -0.05) is 12.1 Å². The number of amides is 1. The summed E-state index contributed by atoms with van der Waals surface area (Å²) in [5.41, 5.74) is 1.70. The summed E-state index contributed by atoms with van der Waals surface area (Å²) >= 11 is 0. The summed E-state index contributed by atoms with van der Waals surface area (Å²) in [6, 6.07) is 8.20. The molecule has 0 spiro atoms. The summed E-state index contributed by atoms with van der Waals surface area (Å²) in [4.78, 5) is 22.1. The molecule has 2 aromatic rings. The molecular weight excluding hydrogens is 275 g/mol. The third-order valence-corrected chi connectivity index (χ3v) is 3.26. The van der Waals surface area contributed by atoms with Crippen molar-refractivity contribution in [2.45, 2.75) is 13.8 Å². The van der Waals surface area contributed by atoms with Gasteiger partial charge in [-0.25, -0.2) is 4.39 Å². The van der Waals surface area contributed by atoms with E-state index in [1.807, 2.05) is 19.9 Å². The molecule has 0 aliphatic heterocycles. The Morgan fingerprint density at radius 2 is 1.95 bits per heavy atom. The Balaban J connectivity index is 2.34. The second-order valence-corrected chi connectivity index (χ2v) is 4.62. The number of nitrogens with one attached hydrogen (secondary N) is 1. The highest BCUT2D eigenvalue weighted by Gasteiger charge is 2.17. The summed E-state index contributed by atoms with van der Waals surface area (Å²) in [5, 5.41) is 13.3. The zero-order valence-corrected chi connectivity index (χ0v) is 11.5. The van der Waals surface area contributed by atoms with Crippen molar-refractivity contribution in [3.63, 3.8) is 0 Å². The van der Waals surface area contributed by atoms with Crippen LogP contribution in [0.25, 0.3) is 0 Å². The number of hydrogen-bond donors (Lipinski definition) is 1. The molecule has 0 radical (unpaired) electrons. The van der Waals surface area contributed by atoms with Crippen molar-refractivity contribution in [3.8, 4) is 0 Å². The van der Waals surface area contributed by atoms with Crippen LogP contribution < -0.4 is 5.32 Å². The Labute approximate surface area is 120 Å². The standard InChI is InChI=1S/C15H13FN2O3/c1-9-4-3-5-14(10(9)2)17-15(19)12-8-11(18(20)21)6-7-13(12)16/h3-8H,1-2H3,(H,17,19). The van der Waals surface area contributed by atoms with E-state index in [9.17, 15) is 19.3 Å². The number of carbonyl (C=O) groups is 1. The van der Waals surface area contributed by atoms with Gasteiger partial charge in [-0.05, 0) is 37.1 Å². The number of halogens is 1. The Hall–Kier alpha value is -2.76. The molecule has 0 bridgehead atoms. The zero-order valence-electron chi connectivity index (χ0n) is 11.5. The first-order valence-electron chi connectivity index (χ1n) is 6.21. The monoisotopic (exact) mass is 288 g/mol. The van der Waals surface area contributed by atoms with Crippen molar-refractivity contribution in [1.82, 2.24) is 0 Å². The van der Waals surface area contributed by atoms with Crippen molar-refractivity contribution in [2.75, 3.05) is 5.32 Å². The molecule has 0 atom stereocenters. The third-order valence-electron chi connectivity index (χ3n) is 3.26. The van der Waals surface area contributed by atoms with E-state index in [0.29, 0.717) is 5.69 Å². The van der Waals surface area contributed by atoms with Crippen molar-refractivity contribution >= 4 is 17.3 Å². The van der Waals surface area contributed by atoms with Gasteiger partial charge in [-0.15, -0.1) is 0 Å². The Kier molecular flexibility index (Phi) is 3.98. The highest BCUT2D eigenvalue weighted by Crippen LogP contribution is 2.21. The maximum atomic E-state index is 13.7. The van der Waals surface area contributed by atoms with Crippen LogP contribution in [0.15, 0.2) is 36.4 Å². The van der Waals surface area contributed by atoms with E-state index in [1.165, 1.54) is 0 Å². The Morgan fingerprint density at radius 1 is 1.24 bits per heavy atom. The second kappa shape index (κ2) is 5.70. The summed E-state index contributed by atoms with van der Waals surface area (Å²) in [6.45, 7) is 3.72. The van der Waals surface area contributed by atoms with Crippen LogP contribution in [-0.2, 0) is 0 Å². The smallest absolute Gasteiger partial charge is 0.270 e. The van der Waals surface area contributed by atoms with Crippen molar-refractivity contribution < 1.29 is 14.1 Å². The molecule has 6 heteroatoms. The van der Waals surface area contributed by atoms with Crippen LogP contribution in [0.1, 0.15) is 21.5 Å². The average molecular weight is 288 g/mol. The SMILES string of the molecule is Cc1cccc(NC(=O)c2cc([N+](=O)[O-])ccc2F)c1C. The van der Waals surface area contributed by atoms with Gasteiger partial charge in [0.25, 0.3) is 11.6 Å². The molecular formula is C15H13FN2O3. The number of benzene rings is 2. The first-order valence-corrected chi connectivity index (χ1v) is 6.21. The van der Waals surface area contributed by atoms with Crippen molar-refractivity contribution in [2.24, 2.45) is 0 Å². The molecule has 0 heterocycles. The minimum Gasteiger partial charge on any atom is -0.322 e. The predicted octanol–water partition coefficient (Wildman–Crippen LogP) is 3.60. The molecule has 1 N–H and O–H groups in total. The van der Waals surface area contributed by atoms with Crippen LogP contribution in [0.2, 0.25) is 0 Å².